The van der Waals surface area contributed by atoms with Gasteiger partial charge in [0.15, 0.2) is 11.5 Å². The third-order valence-electron chi connectivity index (χ3n) is 4.01. The third-order valence-corrected chi connectivity index (χ3v) is 4.01. The molecule has 0 aliphatic rings. The molecule has 0 saturated heterocycles. The number of carbonyl (C=O) groups is 1. The lowest BCUT2D eigenvalue weighted by Crippen LogP contribution is -2.14. The highest BCUT2D eigenvalue weighted by Gasteiger charge is 2.13. The van der Waals surface area contributed by atoms with Crippen LogP contribution in [0.25, 0.3) is 0 Å². The van der Waals surface area contributed by atoms with Crippen molar-refractivity contribution in [2.45, 2.75) is 13.5 Å². The van der Waals surface area contributed by atoms with Gasteiger partial charge in [-0.05, 0) is 54.4 Å². The number of carbonyl (C=O) groups excluding carboxylic acids is 1. The quantitative estimate of drug-likeness (QED) is 0.704. The van der Waals surface area contributed by atoms with E-state index in [9.17, 15) is 9.18 Å². The molecule has 3 rings (SSSR count). The van der Waals surface area contributed by atoms with E-state index >= 15 is 0 Å². The van der Waals surface area contributed by atoms with Crippen LogP contribution in [-0.2, 0) is 6.61 Å². The first-order chi connectivity index (χ1) is 13.1. The molecule has 27 heavy (non-hydrogen) atoms. The van der Waals surface area contributed by atoms with Gasteiger partial charge >= 0.3 is 0 Å². The molecule has 0 radical (unpaired) electrons. The van der Waals surface area contributed by atoms with Crippen LogP contribution >= 0.6 is 0 Å². The number of nitrogens with zero attached hydrogens (tertiary/aromatic N) is 1. The van der Waals surface area contributed by atoms with Crippen molar-refractivity contribution in [2.75, 3.05) is 12.4 Å². The molecule has 0 fully saturated rings. The molecule has 5 nitrogen and oxygen atoms in total. The summed E-state index contributed by atoms with van der Waals surface area (Å²) in [4.78, 5) is 16.4. The van der Waals surface area contributed by atoms with Crippen LogP contribution in [0.4, 0.5) is 10.1 Å². The highest BCUT2D eigenvalue weighted by molar-refractivity contribution is 6.05. The number of methoxy groups -OCH3 is 1. The van der Waals surface area contributed by atoms with E-state index in [0.717, 1.165) is 5.56 Å². The molecule has 2 aromatic carbocycles. The molecule has 0 bridgehead atoms. The lowest BCUT2D eigenvalue weighted by atomic mass is 10.1. The van der Waals surface area contributed by atoms with Gasteiger partial charge in [0.2, 0.25) is 0 Å². The molecule has 1 heterocycles. The first kappa shape index (κ1) is 18.4. The van der Waals surface area contributed by atoms with Crippen molar-refractivity contribution in [2.24, 2.45) is 0 Å². The summed E-state index contributed by atoms with van der Waals surface area (Å²) in [6.07, 6.45) is 3.38. The Kier molecular flexibility index (Phi) is 5.66. The van der Waals surface area contributed by atoms with Crippen LogP contribution in [0.5, 0.6) is 11.5 Å². The minimum absolute atomic E-state index is 0.282. The van der Waals surface area contributed by atoms with Gasteiger partial charge in [0.05, 0.1) is 7.11 Å². The number of anilines is 1. The second-order valence-electron chi connectivity index (χ2n) is 5.92. The summed E-state index contributed by atoms with van der Waals surface area (Å²) in [5.41, 5.74) is 2.45. The predicted octanol–water partition coefficient (Wildman–Crippen LogP) is 4.37. The zero-order valence-corrected chi connectivity index (χ0v) is 15.0. The largest absolute Gasteiger partial charge is 0.493 e. The highest BCUT2D eigenvalue weighted by Crippen LogP contribution is 2.31. The maximum Gasteiger partial charge on any atom is 0.256 e. The fourth-order valence-corrected chi connectivity index (χ4v) is 2.54. The van der Waals surface area contributed by atoms with Gasteiger partial charge in [-0.1, -0.05) is 6.07 Å². The number of aryl methyl sites for hydroxylation is 1. The fourth-order valence-electron chi connectivity index (χ4n) is 2.54. The monoisotopic (exact) mass is 366 g/mol. The normalized spacial score (nSPS) is 10.3. The number of hydrogen-bond donors (Lipinski definition) is 1. The van der Waals surface area contributed by atoms with E-state index in [1.807, 2.05) is 12.1 Å². The van der Waals surface area contributed by atoms with Crippen LogP contribution in [-0.4, -0.2) is 18.0 Å². The van der Waals surface area contributed by atoms with Crippen LogP contribution in [0.3, 0.4) is 0 Å². The fraction of sp³-hybridized carbons (Fsp3) is 0.143. The van der Waals surface area contributed by atoms with Crippen molar-refractivity contribution in [1.29, 1.82) is 0 Å². The van der Waals surface area contributed by atoms with Gasteiger partial charge in [-0.15, -0.1) is 0 Å². The second-order valence-corrected chi connectivity index (χ2v) is 5.92. The second kappa shape index (κ2) is 8.31. The van der Waals surface area contributed by atoms with Gasteiger partial charge < -0.3 is 14.8 Å². The maximum absolute atomic E-state index is 13.4. The van der Waals surface area contributed by atoms with Crippen LogP contribution in [0.1, 0.15) is 21.5 Å². The minimum Gasteiger partial charge on any atom is -0.493 e. The van der Waals surface area contributed by atoms with Crippen molar-refractivity contribution in [3.63, 3.8) is 0 Å². The minimum atomic E-state index is -0.457. The molecular formula is C21H19FN2O3. The standard InChI is InChI=1S/C21H19FN2O3/c1-14-3-4-16(22)11-18(14)21(25)24-17-5-6-19(26-2)20(12-17)27-13-15-7-9-23-10-8-15/h3-12H,13H2,1-2H3,(H,24,25). The number of benzene rings is 2. The van der Waals surface area contributed by atoms with E-state index in [2.05, 4.69) is 10.3 Å². The molecule has 0 aliphatic carbocycles. The average Bonchev–Trinajstić information content (AvgIpc) is 2.69. The van der Waals surface area contributed by atoms with Gasteiger partial charge in [-0.25, -0.2) is 4.39 Å². The smallest absolute Gasteiger partial charge is 0.256 e. The Morgan fingerprint density at radius 2 is 1.85 bits per heavy atom. The molecule has 138 valence electrons. The summed E-state index contributed by atoms with van der Waals surface area (Å²) in [6.45, 7) is 2.09. The summed E-state index contributed by atoms with van der Waals surface area (Å²) in [7, 11) is 1.54. The number of rotatable bonds is 6. The van der Waals surface area contributed by atoms with Gasteiger partial charge in [0, 0.05) is 29.7 Å². The number of ether oxygens (including phenoxy) is 2. The van der Waals surface area contributed by atoms with Crippen LogP contribution in [0.2, 0.25) is 0 Å². The topological polar surface area (TPSA) is 60.5 Å². The summed E-state index contributed by atoms with van der Waals surface area (Å²) in [6, 6.07) is 12.9. The lowest BCUT2D eigenvalue weighted by Gasteiger charge is -2.13. The third kappa shape index (κ3) is 4.61. The first-order valence-corrected chi connectivity index (χ1v) is 8.34. The molecule has 0 saturated carbocycles. The van der Waals surface area contributed by atoms with Crippen molar-refractivity contribution in [3.8, 4) is 11.5 Å². The Bertz CT molecular complexity index is 945. The number of pyridine rings is 1. The zero-order valence-electron chi connectivity index (χ0n) is 15.0. The van der Waals surface area contributed by atoms with Gasteiger partial charge in [0.25, 0.3) is 5.91 Å². The molecule has 3 aromatic rings. The number of amides is 1. The first-order valence-electron chi connectivity index (χ1n) is 8.34. The number of nitrogens with one attached hydrogen (secondary N) is 1. The molecule has 0 spiro atoms. The average molecular weight is 366 g/mol. The Balaban J connectivity index is 1.78. The summed E-state index contributed by atoms with van der Waals surface area (Å²) >= 11 is 0. The Labute approximate surface area is 156 Å². The van der Waals surface area contributed by atoms with E-state index in [0.29, 0.717) is 29.4 Å². The van der Waals surface area contributed by atoms with E-state index in [4.69, 9.17) is 9.47 Å². The molecule has 1 aromatic heterocycles. The summed E-state index contributed by atoms with van der Waals surface area (Å²) < 4.78 is 24.6. The summed E-state index contributed by atoms with van der Waals surface area (Å²) in [5, 5.41) is 2.76. The van der Waals surface area contributed by atoms with Gasteiger partial charge in [-0.2, -0.15) is 0 Å². The Hall–Kier alpha value is -3.41. The van der Waals surface area contributed by atoms with E-state index < -0.39 is 11.7 Å². The predicted molar refractivity (Wildman–Crippen MR) is 101 cm³/mol. The number of halogens is 1. The van der Waals surface area contributed by atoms with Crippen molar-refractivity contribution in [1.82, 2.24) is 4.98 Å². The molecule has 1 amide bonds. The van der Waals surface area contributed by atoms with Crippen LogP contribution in [0, 0.1) is 12.7 Å². The zero-order chi connectivity index (χ0) is 19.2. The number of aromatic nitrogens is 1. The van der Waals surface area contributed by atoms with E-state index in [1.54, 1.807) is 50.7 Å². The van der Waals surface area contributed by atoms with Crippen molar-refractivity contribution in [3.05, 3.63) is 83.4 Å². The van der Waals surface area contributed by atoms with Gasteiger partial charge in [-0.3, -0.25) is 9.78 Å². The lowest BCUT2D eigenvalue weighted by molar-refractivity contribution is 0.102. The van der Waals surface area contributed by atoms with Crippen molar-refractivity contribution >= 4 is 11.6 Å². The molecular weight excluding hydrogens is 347 g/mol. The highest BCUT2D eigenvalue weighted by atomic mass is 19.1. The van der Waals surface area contributed by atoms with E-state index in [1.165, 1.54) is 12.1 Å². The van der Waals surface area contributed by atoms with Crippen molar-refractivity contribution < 1.29 is 18.7 Å². The number of hydrogen-bond acceptors (Lipinski definition) is 4. The molecule has 0 aliphatic heterocycles. The van der Waals surface area contributed by atoms with Crippen LogP contribution in [0.15, 0.2) is 60.9 Å². The molecule has 0 unspecified atom stereocenters. The summed E-state index contributed by atoms with van der Waals surface area (Å²) in [5.74, 6) is 0.186. The van der Waals surface area contributed by atoms with Gasteiger partial charge in [0.1, 0.15) is 12.4 Å². The molecule has 1 N–H and O–H groups in total. The SMILES string of the molecule is COc1ccc(NC(=O)c2cc(F)ccc2C)cc1OCc1ccncc1. The Morgan fingerprint density at radius 1 is 1.07 bits per heavy atom. The molecule has 6 heteroatoms. The molecule has 0 atom stereocenters. The Morgan fingerprint density at radius 3 is 2.59 bits per heavy atom. The van der Waals surface area contributed by atoms with E-state index in [-0.39, 0.29) is 5.56 Å². The maximum atomic E-state index is 13.4. The van der Waals surface area contributed by atoms with Crippen LogP contribution < -0.4 is 14.8 Å².